The molecule has 0 aromatic heterocycles. The lowest BCUT2D eigenvalue weighted by atomic mass is 9.55. The van der Waals surface area contributed by atoms with Gasteiger partial charge < -0.3 is 48.6 Å². The van der Waals surface area contributed by atoms with Crippen LogP contribution in [0, 0.1) is 23.6 Å². The maximum absolute atomic E-state index is 14.7. The molecule has 60 heavy (non-hydrogen) atoms. The first-order chi connectivity index (χ1) is 29.4. The molecule has 0 spiro atoms. The van der Waals surface area contributed by atoms with Gasteiger partial charge in [-0.05, 0) is 87.1 Å². The number of unbranched alkanes of at least 4 members (excludes halogenated alkanes) is 2. The van der Waals surface area contributed by atoms with Crippen LogP contribution in [0.3, 0.4) is 0 Å². The summed E-state index contributed by atoms with van der Waals surface area (Å²) >= 11 is 0. The van der Waals surface area contributed by atoms with Crippen LogP contribution >= 0.6 is 0 Å². The molecule has 14 heteroatoms. The fourth-order valence-electron chi connectivity index (χ4n) is 9.34. The number of fused-ring (bicyclic) bond motifs is 2. The van der Waals surface area contributed by atoms with Crippen molar-refractivity contribution >= 4 is 11.8 Å². The van der Waals surface area contributed by atoms with E-state index in [1.165, 1.54) is 6.07 Å². The number of nitrogens with zero attached hydrogens (tertiary/aromatic N) is 2. The van der Waals surface area contributed by atoms with Crippen molar-refractivity contribution in [3.8, 4) is 11.5 Å². The number of ether oxygens (including phenoxy) is 6. The predicted octanol–water partition coefficient (Wildman–Crippen LogP) is 7.03. The van der Waals surface area contributed by atoms with Crippen LogP contribution < -0.4 is 9.47 Å². The number of rotatable bonds is 23. The van der Waals surface area contributed by atoms with Crippen molar-refractivity contribution in [1.82, 2.24) is 4.90 Å². The van der Waals surface area contributed by atoms with Crippen molar-refractivity contribution in [2.75, 3.05) is 59.4 Å². The lowest BCUT2D eigenvalue weighted by molar-refractivity contribution is -0.256. The molecule has 7 unspecified atom stereocenters. The molecule has 0 bridgehead atoms. The smallest absolute Gasteiger partial charge is 0.410 e. The summed E-state index contributed by atoms with van der Waals surface area (Å²) in [7, 11) is 0. The molecule has 7 atom stereocenters. The number of aliphatic hydroxyl groups excluding tert-OH is 3. The molecule has 4 aliphatic rings. The minimum Gasteiger partial charge on any atom is -0.489 e. The Hall–Kier alpha value is -4.05. The second-order valence-electron chi connectivity index (χ2n) is 15.8. The van der Waals surface area contributed by atoms with Crippen LogP contribution in [0.25, 0.3) is 0 Å². The van der Waals surface area contributed by atoms with Crippen LogP contribution in [0.2, 0.25) is 0 Å². The Kier molecular flexibility index (Phi) is 17.2. The second-order valence-corrected chi connectivity index (χ2v) is 15.8. The first-order valence-electron chi connectivity index (χ1n) is 21.7. The Morgan fingerprint density at radius 1 is 1.05 bits per heavy atom. The molecule has 2 fully saturated rings. The van der Waals surface area contributed by atoms with Crippen molar-refractivity contribution in [2.45, 2.75) is 102 Å². The highest BCUT2D eigenvalue weighted by Gasteiger charge is 2.65. The molecule has 6 rings (SSSR count). The Labute approximate surface area is 353 Å². The number of amides is 1. The fourth-order valence-corrected chi connectivity index (χ4v) is 9.34. The van der Waals surface area contributed by atoms with Gasteiger partial charge in [-0.2, -0.15) is 0 Å². The summed E-state index contributed by atoms with van der Waals surface area (Å²) in [6.45, 7) is 6.83. The van der Waals surface area contributed by atoms with E-state index in [0.717, 1.165) is 49.7 Å². The summed E-state index contributed by atoms with van der Waals surface area (Å²) in [5, 5.41) is 34.2. The van der Waals surface area contributed by atoms with Gasteiger partial charge in [-0.1, -0.05) is 48.3 Å². The van der Waals surface area contributed by atoms with Crippen molar-refractivity contribution in [2.24, 2.45) is 22.9 Å². The van der Waals surface area contributed by atoms with Crippen molar-refractivity contribution < 1.29 is 57.8 Å². The highest BCUT2D eigenvalue weighted by Crippen LogP contribution is 2.62. The van der Waals surface area contributed by atoms with Crippen molar-refractivity contribution in [3.05, 3.63) is 83.7 Å². The third-order valence-corrected chi connectivity index (χ3v) is 12.0. The first kappa shape index (κ1) is 45.5. The number of carbonyl (C=O) groups excluding carboxylic acids is 1. The molecule has 2 aliphatic carbocycles. The van der Waals surface area contributed by atoms with Crippen LogP contribution in [-0.2, 0) is 30.4 Å². The van der Waals surface area contributed by atoms with Gasteiger partial charge in [0.25, 0.3) is 0 Å². The summed E-state index contributed by atoms with van der Waals surface area (Å²) < 4.78 is 52.6. The Morgan fingerprint density at radius 2 is 1.87 bits per heavy atom. The molecule has 1 saturated carbocycles. The standard InChI is InChI=1S/C46H63FN2O11/c1-3-24-58-46-41(49(45(53)55-4-2)20-26-54-27-23-52)30-39(48-60-42-17-9-12-25-56-42)36-28-32(13-7-10-21-50)35(15-8-11-22-51)43(44(36)46)37-29-34(18-19-40(37)59-46)57-31-33-14-5-6-16-38(33)47/h3,5-6,14,16,18-19,28-29,32,35,41-44,50-52H,1,4,7-13,15,17,20-27,30-31H2,2H3. The SMILES string of the molecule is C=CCOC12Oc3ccc(OCc4ccccc4F)cc3C3C(CCCCO)C(CCCCO)C=C(C(=NOC4CCCCO4)CC1N(CCOCCO)C(=O)OCC)C32. The minimum atomic E-state index is -1.50. The number of aliphatic hydroxyl groups is 3. The molecule has 13 nitrogen and oxygen atoms in total. The molecule has 2 aromatic rings. The van der Waals surface area contributed by atoms with E-state index in [-0.39, 0.29) is 89.4 Å². The lowest BCUT2D eigenvalue weighted by Crippen LogP contribution is -2.70. The number of allylic oxidation sites excluding steroid dienone is 1. The van der Waals surface area contributed by atoms with E-state index in [1.807, 2.05) is 12.1 Å². The van der Waals surface area contributed by atoms with Gasteiger partial charge in [0.05, 0.1) is 51.3 Å². The topological polar surface area (TPSA) is 158 Å². The summed E-state index contributed by atoms with van der Waals surface area (Å²) in [5.74, 6) is -1.58. The zero-order chi connectivity index (χ0) is 42.3. The van der Waals surface area contributed by atoms with Crippen LogP contribution in [0.1, 0.15) is 88.2 Å². The van der Waals surface area contributed by atoms with E-state index in [2.05, 4.69) is 12.7 Å². The highest BCUT2D eigenvalue weighted by molar-refractivity contribution is 6.03. The van der Waals surface area contributed by atoms with Gasteiger partial charge in [-0.3, -0.25) is 4.90 Å². The first-order valence-corrected chi connectivity index (χ1v) is 21.7. The van der Waals surface area contributed by atoms with Gasteiger partial charge in [0.15, 0.2) is 0 Å². The van der Waals surface area contributed by atoms with E-state index >= 15 is 0 Å². The largest absolute Gasteiger partial charge is 0.489 e. The molecule has 3 N–H and O–H groups in total. The van der Waals surface area contributed by atoms with Gasteiger partial charge in [0.1, 0.15) is 30.0 Å². The highest BCUT2D eigenvalue weighted by atomic mass is 19.1. The molecule has 2 aliphatic heterocycles. The zero-order valence-corrected chi connectivity index (χ0v) is 34.9. The third kappa shape index (κ3) is 10.7. The number of hydrogen-bond acceptors (Lipinski definition) is 12. The quantitative estimate of drug-likeness (QED) is 0.0600. The van der Waals surface area contributed by atoms with Crippen LogP contribution in [0.5, 0.6) is 11.5 Å². The van der Waals surface area contributed by atoms with Gasteiger partial charge in [0.2, 0.25) is 12.1 Å². The Bertz CT molecular complexity index is 1750. The lowest BCUT2D eigenvalue weighted by Gasteiger charge is -2.59. The summed E-state index contributed by atoms with van der Waals surface area (Å²) in [5.41, 5.74) is 2.82. The average molecular weight is 839 g/mol. The molecule has 1 amide bonds. The maximum atomic E-state index is 14.7. The zero-order valence-electron chi connectivity index (χ0n) is 34.9. The second kappa shape index (κ2) is 22.7. The Balaban J connectivity index is 1.55. The van der Waals surface area contributed by atoms with E-state index < -0.39 is 30.1 Å². The third-order valence-electron chi connectivity index (χ3n) is 12.0. The molecule has 2 heterocycles. The van der Waals surface area contributed by atoms with Crippen LogP contribution in [-0.4, -0.2) is 110 Å². The molecular formula is C46H63FN2O11. The van der Waals surface area contributed by atoms with E-state index in [0.29, 0.717) is 48.6 Å². The summed E-state index contributed by atoms with van der Waals surface area (Å²) in [6, 6.07) is 11.3. The maximum Gasteiger partial charge on any atom is 0.410 e. The van der Waals surface area contributed by atoms with Gasteiger partial charge in [0, 0.05) is 49.6 Å². The number of benzene rings is 2. The fraction of sp³-hybridized carbons (Fsp3) is 0.609. The monoisotopic (exact) mass is 838 g/mol. The van der Waals surface area contributed by atoms with E-state index in [9.17, 15) is 24.5 Å². The van der Waals surface area contributed by atoms with E-state index in [1.54, 1.807) is 42.2 Å². The van der Waals surface area contributed by atoms with Crippen LogP contribution in [0.15, 0.2) is 71.9 Å². The summed E-state index contributed by atoms with van der Waals surface area (Å²) in [6.07, 6.45) is 9.96. The van der Waals surface area contributed by atoms with Crippen molar-refractivity contribution in [1.29, 1.82) is 0 Å². The van der Waals surface area contributed by atoms with E-state index in [4.69, 9.17) is 38.4 Å². The molecular weight excluding hydrogens is 776 g/mol. The number of carbonyl (C=O) groups is 1. The van der Waals surface area contributed by atoms with Crippen molar-refractivity contribution in [3.63, 3.8) is 0 Å². The van der Waals surface area contributed by atoms with Gasteiger partial charge in [-0.25, -0.2) is 9.18 Å². The number of hydrogen-bond donors (Lipinski definition) is 3. The Morgan fingerprint density at radius 3 is 2.60 bits per heavy atom. The average Bonchev–Trinajstić information content (AvgIpc) is 3.26. The molecule has 1 saturated heterocycles. The van der Waals surface area contributed by atoms with Crippen LogP contribution in [0.4, 0.5) is 9.18 Å². The number of halogens is 1. The minimum absolute atomic E-state index is 0.00769. The van der Waals surface area contributed by atoms with Gasteiger partial charge >= 0.3 is 6.09 Å². The molecule has 2 aromatic carbocycles. The predicted molar refractivity (Wildman–Crippen MR) is 222 cm³/mol. The number of oxime groups is 1. The van der Waals surface area contributed by atoms with Gasteiger partial charge in [-0.15, -0.1) is 6.58 Å². The normalized spacial score (nSPS) is 26.3. The summed E-state index contributed by atoms with van der Waals surface area (Å²) in [4.78, 5) is 22.0. The molecule has 0 radical (unpaired) electrons. The molecule has 330 valence electrons.